The van der Waals surface area contributed by atoms with Crippen molar-refractivity contribution in [2.45, 2.75) is 78.1 Å². The molecule has 0 aliphatic heterocycles. The largest absolute Gasteiger partial charge is 0.457 e. The van der Waals surface area contributed by atoms with Crippen molar-refractivity contribution in [3.63, 3.8) is 0 Å². The standard InChI is InChI=1S/C14H37O6Si5/c1-21(2,3)17-23(6,7)19-25(10,11)20-24(8,9)18-22(4,5)13-12-16-14-15/h12-13H2,1-11H3. The smallest absolute Gasteiger partial charge is 0.417 e. The van der Waals surface area contributed by atoms with Gasteiger partial charge in [0.05, 0.1) is 6.61 Å². The van der Waals surface area contributed by atoms with Gasteiger partial charge in [-0.25, -0.2) is 4.79 Å². The van der Waals surface area contributed by atoms with E-state index in [1.54, 1.807) is 0 Å². The third kappa shape index (κ3) is 13.2. The summed E-state index contributed by atoms with van der Waals surface area (Å²) in [5.74, 6) is 0. The number of carbonyl (C=O) groups excluding carboxylic acids is 1. The first-order valence-electron chi connectivity index (χ1n) is 8.68. The molecule has 0 saturated heterocycles. The molecule has 0 aliphatic carbocycles. The molecule has 0 saturated carbocycles. The van der Waals surface area contributed by atoms with Gasteiger partial charge in [-0.3, -0.25) is 0 Å². The molecule has 149 valence electrons. The molecule has 0 heterocycles. The lowest BCUT2D eigenvalue weighted by Crippen LogP contribution is -2.58. The van der Waals surface area contributed by atoms with E-state index in [2.05, 4.69) is 72.0 Å². The maximum Gasteiger partial charge on any atom is 0.417 e. The van der Waals surface area contributed by atoms with Gasteiger partial charge in [0.25, 0.3) is 0 Å². The third-order valence-electron chi connectivity index (χ3n) is 2.92. The Hall–Kier alpha value is 0.394. The van der Waals surface area contributed by atoms with Gasteiger partial charge < -0.3 is 21.2 Å². The first kappa shape index (κ1) is 25.4. The maximum atomic E-state index is 10.2. The highest BCUT2D eigenvalue weighted by Gasteiger charge is 2.45. The molecular formula is C14H37O6Si5. The van der Waals surface area contributed by atoms with Crippen LogP contribution in [0.4, 0.5) is 0 Å². The summed E-state index contributed by atoms with van der Waals surface area (Å²) in [5, 5.41) is 0. The Kier molecular flexibility index (Phi) is 9.20. The van der Waals surface area contributed by atoms with Crippen molar-refractivity contribution in [3.8, 4) is 0 Å². The van der Waals surface area contributed by atoms with E-state index in [0.29, 0.717) is 6.61 Å². The minimum absolute atomic E-state index is 0.342. The highest BCUT2D eigenvalue weighted by molar-refractivity contribution is 6.90. The van der Waals surface area contributed by atoms with E-state index >= 15 is 0 Å². The fourth-order valence-electron chi connectivity index (χ4n) is 3.04. The van der Waals surface area contributed by atoms with Crippen molar-refractivity contribution in [3.05, 3.63) is 0 Å². The summed E-state index contributed by atoms with van der Waals surface area (Å²) < 4.78 is 30.2. The monoisotopic (exact) mass is 441 g/mol. The van der Waals surface area contributed by atoms with Gasteiger partial charge in [-0.05, 0) is 78.1 Å². The Bertz CT molecular complexity index is 434. The quantitative estimate of drug-likeness (QED) is 0.333. The summed E-state index contributed by atoms with van der Waals surface area (Å²) in [5.41, 5.74) is 0. The van der Waals surface area contributed by atoms with Gasteiger partial charge in [0, 0.05) is 0 Å². The zero-order chi connectivity index (χ0) is 20.2. The molecule has 25 heavy (non-hydrogen) atoms. The van der Waals surface area contributed by atoms with Crippen LogP contribution in [0.5, 0.6) is 0 Å². The summed E-state index contributed by atoms with van der Waals surface area (Å²) >= 11 is 0. The SMILES string of the molecule is C[Si](C)(C)O[Si](C)(C)O[Si](C)(C)O[Si](C)(C)O[Si](C)(C)CCO[C]=O. The Balaban J connectivity index is 4.86. The Morgan fingerprint density at radius 1 is 0.640 bits per heavy atom. The second kappa shape index (κ2) is 9.06. The van der Waals surface area contributed by atoms with Crippen LogP contribution < -0.4 is 0 Å². The Morgan fingerprint density at radius 3 is 1.44 bits per heavy atom. The first-order valence-corrected chi connectivity index (χ1v) is 23.7. The van der Waals surface area contributed by atoms with Crippen molar-refractivity contribution >= 4 is 48.8 Å². The minimum Gasteiger partial charge on any atom is -0.457 e. The normalized spacial score (nSPS) is 14.5. The highest BCUT2D eigenvalue weighted by atomic mass is 28.5. The fourth-order valence-corrected chi connectivity index (χ4v) is 26.4. The van der Waals surface area contributed by atoms with Crippen LogP contribution in [-0.2, 0) is 26.0 Å². The molecule has 0 fully saturated rings. The van der Waals surface area contributed by atoms with E-state index in [-0.39, 0.29) is 0 Å². The van der Waals surface area contributed by atoms with Crippen LogP contribution in [0.3, 0.4) is 0 Å². The summed E-state index contributed by atoms with van der Waals surface area (Å²) in [6.45, 7) is 25.0. The second-order valence-electron chi connectivity index (χ2n) is 9.16. The van der Waals surface area contributed by atoms with Gasteiger partial charge in [-0.15, -0.1) is 0 Å². The second-order valence-corrected chi connectivity index (χ2v) is 29.1. The molecule has 1 radical (unpaired) electrons. The number of hydrogen-bond donors (Lipinski definition) is 0. The molecule has 0 N–H and O–H groups in total. The van der Waals surface area contributed by atoms with Gasteiger partial charge >= 0.3 is 32.2 Å². The molecule has 0 aromatic carbocycles. The molecule has 0 aliphatic rings. The van der Waals surface area contributed by atoms with Crippen LogP contribution in [0.2, 0.25) is 78.1 Å². The van der Waals surface area contributed by atoms with Crippen LogP contribution in [0.25, 0.3) is 0 Å². The molecule has 0 spiro atoms. The number of rotatable bonds is 12. The molecule has 0 bridgehead atoms. The maximum absolute atomic E-state index is 10.2. The van der Waals surface area contributed by atoms with E-state index in [4.69, 9.17) is 21.2 Å². The molecule has 0 aromatic heterocycles. The highest BCUT2D eigenvalue weighted by Crippen LogP contribution is 2.26. The van der Waals surface area contributed by atoms with E-state index in [1.165, 1.54) is 6.47 Å². The molecule has 11 heteroatoms. The van der Waals surface area contributed by atoms with Crippen molar-refractivity contribution in [1.29, 1.82) is 0 Å². The predicted molar refractivity (Wildman–Crippen MR) is 114 cm³/mol. The summed E-state index contributed by atoms with van der Waals surface area (Å²) in [7, 11) is -10.7. The van der Waals surface area contributed by atoms with Crippen LogP contribution >= 0.6 is 0 Å². The van der Waals surface area contributed by atoms with Crippen LogP contribution in [0.15, 0.2) is 0 Å². The first-order chi connectivity index (χ1) is 10.9. The van der Waals surface area contributed by atoms with Crippen molar-refractivity contribution < 1.29 is 26.0 Å². The average molecular weight is 442 g/mol. The average Bonchev–Trinajstić information content (AvgIpc) is 2.18. The molecule has 0 rings (SSSR count). The van der Waals surface area contributed by atoms with Gasteiger partial charge in [-0.2, -0.15) is 0 Å². The summed E-state index contributed by atoms with van der Waals surface area (Å²) in [4.78, 5) is 10.2. The molecule has 0 aromatic rings. The zero-order valence-electron chi connectivity index (χ0n) is 17.9. The Morgan fingerprint density at radius 2 is 1.04 bits per heavy atom. The predicted octanol–water partition coefficient (Wildman–Crippen LogP) is 4.28. The third-order valence-corrected chi connectivity index (χ3v) is 20.8. The van der Waals surface area contributed by atoms with Gasteiger partial charge in [-0.1, -0.05) is 0 Å². The van der Waals surface area contributed by atoms with Gasteiger partial charge in [0.15, 0.2) is 16.6 Å². The molecule has 0 amide bonds. The Labute approximate surface area is 159 Å². The van der Waals surface area contributed by atoms with Crippen LogP contribution in [0, 0.1) is 0 Å². The lowest BCUT2D eigenvalue weighted by atomic mass is 10.9. The summed E-state index contributed by atoms with van der Waals surface area (Å²) in [6, 6.07) is 0.726. The van der Waals surface area contributed by atoms with E-state index in [9.17, 15) is 4.79 Å². The lowest BCUT2D eigenvalue weighted by molar-refractivity contribution is 0.283. The fraction of sp³-hybridized carbons (Fsp3) is 0.929. The number of hydrogen-bond acceptors (Lipinski definition) is 6. The molecular weight excluding hydrogens is 405 g/mol. The van der Waals surface area contributed by atoms with Crippen molar-refractivity contribution in [2.24, 2.45) is 0 Å². The van der Waals surface area contributed by atoms with E-state index < -0.39 is 42.3 Å². The lowest BCUT2D eigenvalue weighted by Gasteiger charge is -2.41. The van der Waals surface area contributed by atoms with Crippen molar-refractivity contribution in [2.75, 3.05) is 6.61 Å². The summed E-state index contributed by atoms with van der Waals surface area (Å²) in [6.07, 6.45) is 0. The topological polar surface area (TPSA) is 63.2 Å². The van der Waals surface area contributed by atoms with Crippen LogP contribution in [0.1, 0.15) is 0 Å². The van der Waals surface area contributed by atoms with Crippen molar-refractivity contribution in [1.82, 2.24) is 0 Å². The van der Waals surface area contributed by atoms with Crippen LogP contribution in [-0.4, -0.2) is 55.4 Å². The van der Waals surface area contributed by atoms with E-state index in [0.717, 1.165) is 6.04 Å². The molecule has 0 atom stereocenters. The van der Waals surface area contributed by atoms with Gasteiger partial charge in [0.1, 0.15) is 0 Å². The number of ether oxygens (including phenoxy) is 1. The van der Waals surface area contributed by atoms with E-state index in [1.807, 2.05) is 0 Å². The minimum atomic E-state index is -2.39. The zero-order valence-corrected chi connectivity index (χ0v) is 22.9. The van der Waals surface area contributed by atoms with Gasteiger partial charge in [0.2, 0.25) is 0 Å². The molecule has 0 unspecified atom stereocenters. The molecule has 6 nitrogen and oxygen atoms in total.